The SMILES string of the molecule is C[C@@H](Cn1cnnn1)Oc1cc(-c2cnc(Nc3cn(C4CCC(N5CCOCC5)CC4)nc3OCCc3nccs3)nc2)ccc1Cl. The van der Waals surface area contributed by atoms with Gasteiger partial charge in [-0.25, -0.2) is 19.6 Å². The highest BCUT2D eigenvalue weighted by Gasteiger charge is 2.29. The molecule has 0 amide bonds. The van der Waals surface area contributed by atoms with E-state index in [0.717, 1.165) is 73.8 Å². The zero-order chi connectivity index (χ0) is 32.7. The molecular weight excluding hydrogens is 654 g/mol. The fourth-order valence-corrected chi connectivity index (χ4v) is 6.98. The van der Waals surface area contributed by atoms with E-state index in [9.17, 15) is 0 Å². The summed E-state index contributed by atoms with van der Waals surface area (Å²) in [5, 5.41) is 23.0. The lowest BCUT2D eigenvalue weighted by atomic mass is 9.90. The number of nitrogens with zero attached hydrogens (tertiary/aromatic N) is 10. The van der Waals surface area contributed by atoms with E-state index < -0.39 is 0 Å². The smallest absolute Gasteiger partial charge is 0.256 e. The lowest BCUT2D eigenvalue weighted by molar-refractivity contribution is 0.00503. The van der Waals surface area contributed by atoms with E-state index in [0.29, 0.717) is 54.3 Å². The number of rotatable bonds is 13. The van der Waals surface area contributed by atoms with Crippen LogP contribution in [-0.2, 0) is 17.7 Å². The highest BCUT2D eigenvalue weighted by atomic mass is 35.5. The molecule has 7 rings (SSSR count). The second-order valence-electron chi connectivity index (χ2n) is 12.0. The summed E-state index contributed by atoms with van der Waals surface area (Å²) in [6, 6.07) is 6.53. The van der Waals surface area contributed by atoms with E-state index in [1.54, 1.807) is 40.8 Å². The van der Waals surface area contributed by atoms with Gasteiger partial charge >= 0.3 is 0 Å². The second kappa shape index (κ2) is 15.4. The topological polar surface area (TPSA) is 143 Å². The van der Waals surface area contributed by atoms with Crippen LogP contribution < -0.4 is 14.8 Å². The maximum atomic E-state index is 6.46. The average molecular weight is 692 g/mol. The minimum Gasteiger partial charge on any atom is -0.487 e. The first-order valence-corrected chi connectivity index (χ1v) is 17.5. The molecule has 1 aromatic carbocycles. The monoisotopic (exact) mass is 691 g/mol. The quantitative estimate of drug-likeness (QED) is 0.176. The summed E-state index contributed by atoms with van der Waals surface area (Å²) < 4.78 is 21.5. The number of thiazole rings is 1. The summed E-state index contributed by atoms with van der Waals surface area (Å²) in [6.45, 7) is 6.60. The van der Waals surface area contributed by atoms with Crippen LogP contribution in [0.5, 0.6) is 11.6 Å². The molecule has 1 N–H and O–H groups in total. The third-order valence-corrected chi connectivity index (χ3v) is 9.82. The molecule has 14 nitrogen and oxygen atoms in total. The molecule has 252 valence electrons. The molecule has 1 saturated heterocycles. The van der Waals surface area contributed by atoms with Crippen molar-refractivity contribution >= 4 is 34.6 Å². The Morgan fingerprint density at radius 3 is 2.62 bits per heavy atom. The van der Waals surface area contributed by atoms with Gasteiger partial charge in [0, 0.05) is 55.1 Å². The number of benzene rings is 1. The van der Waals surface area contributed by atoms with Crippen LogP contribution in [0.2, 0.25) is 5.02 Å². The molecule has 2 fully saturated rings. The fraction of sp³-hybridized carbons (Fsp3) is 0.469. The number of morpholine rings is 1. The first-order chi connectivity index (χ1) is 23.6. The van der Waals surface area contributed by atoms with E-state index in [-0.39, 0.29) is 6.10 Å². The second-order valence-corrected chi connectivity index (χ2v) is 13.4. The molecule has 48 heavy (non-hydrogen) atoms. The average Bonchev–Trinajstić information content (AvgIpc) is 3.91. The molecule has 1 saturated carbocycles. The molecule has 1 aliphatic carbocycles. The minimum absolute atomic E-state index is 0.206. The summed E-state index contributed by atoms with van der Waals surface area (Å²) in [7, 11) is 0. The van der Waals surface area contributed by atoms with Gasteiger partial charge in [0.15, 0.2) is 0 Å². The van der Waals surface area contributed by atoms with Crippen LogP contribution in [0.25, 0.3) is 11.1 Å². The minimum atomic E-state index is -0.206. The van der Waals surface area contributed by atoms with E-state index in [1.807, 2.05) is 36.8 Å². The standard InChI is InChI=1S/C32H38ClN11O3S/c1-22(19-43-21-37-40-41-43)47-29-16-23(2-7-27(29)33)24-17-35-32(36-18-24)38-28-20-44(39-31(28)46-12-8-30-34-9-15-48-30)26-5-3-25(4-6-26)42-10-13-45-14-11-42/h2,7,9,15-18,20-22,25-26H,3-6,8,10-14,19H2,1H3,(H,35,36,38)/t22-,25?,26?/m0/s1. The maximum absolute atomic E-state index is 6.46. The molecule has 16 heteroatoms. The van der Waals surface area contributed by atoms with Gasteiger partial charge < -0.3 is 19.5 Å². The molecule has 0 spiro atoms. The molecule has 0 radical (unpaired) electrons. The number of tetrazole rings is 1. The van der Waals surface area contributed by atoms with Crippen molar-refractivity contribution in [2.75, 3.05) is 38.2 Å². The Morgan fingerprint density at radius 2 is 1.88 bits per heavy atom. The molecule has 4 aromatic heterocycles. The van der Waals surface area contributed by atoms with E-state index in [1.165, 1.54) is 0 Å². The Hall–Kier alpha value is -4.18. The van der Waals surface area contributed by atoms with Crippen LogP contribution in [0, 0.1) is 0 Å². The predicted octanol–water partition coefficient (Wildman–Crippen LogP) is 5.09. The van der Waals surface area contributed by atoms with Crippen molar-refractivity contribution in [1.82, 2.24) is 49.8 Å². The Balaban J connectivity index is 1.03. The maximum Gasteiger partial charge on any atom is 0.256 e. The van der Waals surface area contributed by atoms with E-state index in [4.69, 9.17) is 30.9 Å². The largest absolute Gasteiger partial charge is 0.487 e. The van der Waals surface area contributed by atoms with Crippen molar-refractivity contribution in [1.29, 1.82) is 0 Å². The summed E-state index contributed by atoms with van der Waals surface area (Å²) in [4.78, 5) is 16.2. The van der Waals surface area contributed by atoms with Crippen LogP contribution in [0.15, 0.2) is 54.7 Å². The number of hydrogen-bond acceptors (Lipinski definition) is 13. The fourth-order valence-electron chi connectivity index (χ4n) is 6.21. The van der Waals surface area contributed by atoms with Crippen molar-refractivity contribution in [3.8, 4) is 22.8 Å². The first kappa shape index (κ1) is 32.4. The zero-order valence-electron chi connectivity index (χ0n) is 26.7. The summed E-state index contributed by atoms with van der Waals surface area (Å²) >= 11 is 8.08. The highest BCUT2D eigenvalue weighted by Crippen LogP contribution is 2.35. The number of ether oxygens (including phenoxy) is 3. The number of hydrogen-bond donors (Lipinski definition) is 1. The van der Waals surface area contributed by atoms with Gasteiger partial charge in [-0.3, -0.25) is 9.58 Å². The van der Waals surface area contributed by atoms with Crippen molar-refractivity contribution in [3.63, 3.8) is 0 Å². The van der Waals surface area contributed by atoms with Gasteiger partial charge in [-0.15, -0.1) is 21.5 Å². The summed E-state index contributed by atoms with van der Waals surface area (Å²) in [5.74, 6) is 1.53. The normalized spacial score (nSPS) is 19.2. The van der Waals surface area contributed by atoms with Crippen LogP contribution in [-0.4, -0.2) is 94.9 Å². The van der Waals surface area contributed by atoms with Gasteiger partial charge in [0.25, 0.3) is 5.88 Å². The van der Waals surface area contributed by atoms with Crippen LogP contribution in [0.1, 0.15) is 43.7 Å². The lowest BCUT2D eigenvalue weighted by Gasteiger charge is -2.38. The number of anilines is 2. The molecule has 2 aliphatic rings. The van der Waals surface area contributed by atoms with E-state index >= 15 is 0 Å². The third-order valence-electron chi connectivity index (χ3n) is 8.67. The van der Waals surface area contributed by atoms with Crippen LogP contribution in [0.4, 0.5) is 11.6 Å². The van der Waals surface area contributed by atoms with Gasteiger partial charge in [-0.2, -0.15) is 0 Å². The summed E-state index contributed by atoms with van der Waals surface area (Å²) in [6.07, 6.45) is 13.9. The van der Waals surface area contributed by atoms with Crippen molar-refractivity contribution in [2.24, 2.45) is 0 Å². The van der Waals surface area contributed by atoms with Gasteiger partial charge in [0.2, 0.25) is 5.95 Å². The molecule has 5 heterocycles. The third kappa shape index (κ3) is 8.09. The Morgan fingerprint density at radius 1 is 1.06 bits per heavy atom. The van der Waals surface area contributed by atoms with E-state index in [2.05, 4.69) is 45.4 Å². The molecule has 1 atom stereocenters. The molecule has 0 bridgehead atoms. The zero-order valence-corrected chi connectivity index (χ0v) is 28.3. The Labute approximate surface area is 287 Å². The molecule has 1 aliphatic heterocycles. The Bertz CT molecular complexity index is 1720. The number of aromatic nitrogens is 9. The van der Waals surface area contributed by atoms with Gasteiger partial charge in [0.05, 0.1) is 48.6 Å². The van der Waals surface area contributed by atoms with Gasteiger partial charge in [-0.05, 0) is 60.7 Å². The number of nitrogens with one attached hydrogen (secondary N) is 1. The van der Waals surface area contributed by atoms with Crippen molar-refractivity contribution in [3.05, 3.63) is 64.7 Å². The Kier molecular flexibility index (Phi) is 10.4. The molecule has 0 unspecified atom stereocenters. The van der Waals surface area contributed by atoms with Crippen molar-refractivity contribution < 1.29 is 14.2 Å². The summed E-state index contributed by atoms with van der Waals surface area (Å²) in [5.41, 5.74) is 2.43. The van der Waals surface area contributed by atoms with Gasteiger partial charge in [-0.1, -0.05) is 17.7 Å². The van der Waals surface area contributed by atoms with Crippen LogP contribution >= 0.6 is 22.9 Å². The van der Waals surface area contributed by atoms with Crippen LogP contribution in [0.3, 0.4) is 0 Å². The predicted molar refractivity (Wildman–Crippen MR) is 181 cm³/mol. The number of halogens is 1. The lowest BCUT2D eigenvalue weighted by Crippen LogP contribution is -2.45. The molecular formula is C32H38ClN11O3S. The van der Waals surface area contributed by atoms with Crippen molar-refractivity contribution in [2.45, 2.75) is 63.8 Å². The first-order valence-electron chi connectivity index (χ1n) is 16.3. The highest BCUT2D eigenvalue weighted by molar-refractivity contribution is 7.09. The van der Waals surface area contributed by atoms with Gasteiger partial charge in [0.1, 0.15) is 23.9 Å². The molecule has 5 aromatic rings.